The summed E-state index contributed by atoms with van der Waals surface area (Å²) in [6.45, 7) is 0.731. The Morgan fingerprint density at radius 3 is 3.20 bits per heavy atom. The van der Waals surface area contributed by atoms with Gasteiger partial charge in [-0.15, -0.1) is 34.4 Å². The molecule has 0 spiro atoms. The van der Waals surface area contributed by atoms with Crippen LogP contribution < -0.4 is 5.32 Å². The maximum absolute atomic E-state index is 12.3. The minimum absolute atomic E-state index is 0.00939. The fourth-order valence-electron chi connectivity index (χ4n) is 2.28. The van der Waals surface area contributed by atoms with Gasteiger partial charge in [-0.05, 0) is 35.6 Å². The van der Waals surface area contributed by atoms with Gasteiger partial charge in [0, 0.05) is 29.4 Å². The summed E-state index contributed by atoms with van der Waals surface area (Å²) < 4.78 is 0. The Hall–Kier alpha value is -0.850. The Labute approximate surface area is 130 Å². The zero-order valence-electron chi connectivity index (χ0n) is 11.0. The Balaban J connectivity index is 1.48. The predicted molar refractivity (Wildman–Crippen MR) is 86.7 cm³/mol. The number of amides is 1. The number of nitrogens with zero attached hydrogens (tertiary/aromatic N) is 1. The molecule has 1 amide bonds. The van der Waals surface area contributed by atoms with Gasteiger partial charge in [0.2, 0.25) is 5.91 Å². The molecular weight excluding hydrogens is 308 g/mol. The van der Waals surface area contributed by atoms with Crippen molar-refractivity contribution in [3.05, 3.63) is 38.5 Å². The molecule has 20 heavy (non-hydrogen) atoms. The van der Waals surface area contributed by atoms with Gasteiger partial charge in [0.05, 0.1) is 5.01 Å². The van der Waals surface area contributed by atoms with Crippen molar-refractivity contribution < 1.29 is 4.79 Å². The summed E-state index contributed by atoms with van der Waals surface area (Å²) in [5, 5.41) is 8.29. The molecular formula is C14H16N2OS3. The van der Waals surface area contributed by atoms with Gasteiger partial charge in [-0.1, -0.05) is 0 Å². The molecule has 3 nitrogen and oxygen atoms in total. The van der Waals surface area contributed by atoms with Crippen LogP contribution in [0.3, 0.4) is 0 Å². The molecule has 0 bridgehead atoms. The number of hydrogen-bond acceptors (Lipinski definition) is 5. The summed E-state index contributed by atoms with van der Waals surface area (Å²) in [7, 11) is 0. The highest BCUT2D eigenvalue weighted by Gasteiger charge is 2.27. The van der Waals surface area contributed by atoms with Gasteiger partial charge in [-0.3, -0.25) is 4.79 Å². The van der Waals surface area contributed by atoms with E-state index in [9.17, 15) is 4.79 Å². The molecule has 1 aliphatic heterocycles. The molecule has 2 aromatic rings. The van der Waals surface area contributed by atoms with Crippen molar-refractivity contribution >= 4 is 40.3 Å². The van der Waals surface area contributed by atoms with Gasteiger partial charge in [-0.2, -0.15) is 0 Å². The number of rotatable bonds is 5. The second kappa shape index (κ2) is 6.74. The lowest BCUT2D eigenvalue weighted by Crippen LogP contribution is -2.30. The number of aromatic nitrogens is 1. The van der Waals surface area contributed by atoms with Crippen molar-refractivity contribution in [2.75, 3.05) is 12.3 Å². The van der Waals surface area contributed by atoms with Crippen molar-refractivity contribution in [3.63, 3.8) is 0 Å². The van der Waals surface area contributed by atoms with Gasteiger partial charge < -0.3 is 5.32 Å². The van der Waals surface area contributed by atoms with Crippen LogP contribution in [0.1, 0.15) is 27.1 Å². The first kappa shape index (κ1) is 14.1. The van der Waals surface area contributed by atoms with Crippen molar-refractivity contribution in [1.82, 2.24) is 10.3 Å². The van der Waals surface area contributed by atoms with E-state index in [4.69, 9.17) is 0 Å². The van der Waals surface area contributed by atoms with E-state index in [2.05, 4.69) is 21.7 Å². The van der Waals surface area contributed by atoms with Crippen LogP contribution in [0.15, 0.2) is 23.0 Å². The van der Waals surface area contributed by atoms with Crippen LogP contribution in [-0.4, -0.2) is 23.2 Å². The lowest BCUT2D eigenvalue weighted by atomic mass is 10.1. The number of nitrogens with one attached hydrogen (secondary N) is 1. The number of hydrogen-bond donors (Lipinski definition) is 1. The van der Waals surface area contributed by atoms with Crippen LogP contribution in [0.2, 0.25) is 0 Å². The molecule has 3 rings (SSSR count). The molecule has 0 unspecified atom stereocenters. The van der Waals surface area contributed by atoms with Crippen LogP contribution in [0, 0.1) is 0 Å². The molecule has 1 atom stereocenters. The first-order valence-electron chi connectivity index (χ1n) is 6.68. The third kappa shape index (κ3) is 3.24. The van der Waals surface area contributed by atoms with Crippen LogP contribution in [0.4, 0.5) is 0 Å². The van der Waals surface area contributed by atoms with Crippen LogP contribution in [-0.2, 0) is 17.6 Å². The number of thiazole rings is 1. The molecule has 106 valence electrons. The lowest BCUT2D eigenvalue weighted by molar-refractivity contribution is -0.120. The van der Waals surface area contributed by atoms with Crippen LogP contribution in [0.25, 0.3) is 0 Å². The molecule has 6 heteroatoms. The maximum Gasteiger partial charge on any atom is 0.237 e. The van der Waals surface area contributed by atoms with Crippen LogP contribution >= 0.6 is 34.4 Å². The Morgan fingerprint density at radius 1 is 1.40 bits per heavy atom. The molecule has 0 aromatic carbocycles. The number of thiophene rings is 1. The van der Waals surface area contributed by atoms with Crippen LogP contribution in [0.5, 0.6) is 0 Å². The minimum atomic E-state index is -0.00939. The fraction of sp³-hybridized carbons (Fsp3) is 0.429. The zero-order valence-corrected chi connectivity index (χ0v) is 13.5. The monoisotopic (exact) mass is 324 g/mol. The number of fused-ring (bicyclic) bond motifs is 1. The first-order chi connectivity index (χ1) is 9.84. The van der Waals surface area contributed by atoms with Gasteiger partial charge in [0.15, 0.2) is 0 Å². The topological polar surface area (TPSA) is 42.0 Å². The predicted octanol–water partition coefficient (Wildman–Crippen LogP) is 3.28. The second-order valence-corrected chi connectivity index (χ2v) is 7.81. The lowest BCUT2D eigenvalue weighted by Gasteiger charge is -2.21. The van der Waals surface area contributed by atoms with E-state index in [1.54, 1.807) is 34.4 Å². The molecule has 0 saturated heterocycles. The first-order valence-corrected chi connectivity index (χ1v) is 9.49. The van der Waals surface area contributed by atoms with E-state index < -0.39 is 0 Å². The largest absolute Gasteiger partial charge is 0.355 e. The van der Waals surface area contributed by atoms with Crippen molar-refractivity contribution in [3.8, 4) is 0 Å². The summed E-state index contributed by atoms with van der Waals surface area (Å²) in [5.41, 5.74) is 1.23. The quantitative estimate of drug-likeness (QED) is 0.858. The fourth-order valence-corrected chi connectivity index (χ4v) is 5.26. The Bertz CT molecular complexity index is 565. The summed E-state index contributed by atoms with van der Waals surface area (Å²) in [4.78, 5) is 17.9. The average Bonchev–Trinajstić information content (AvgIpc) is 3.13. The number of aryl methyl sites for hydroxylation is 2. The number of carbonyl (C=O) groups excluding carboxylic acids is 1. The molecule has 3 heterocycles. The highest BCUT2D eigenvalue weighted by molar-refractivity contribution is 8.00. The third-order valence-corrected chi connectivity index (χ3v) is 6.34. The molecule has 0 saturated carbocycles. The highest BCUT2D eigenvalue weighted by atomic mass is 32.2. The Kier molecular flexibility index (Phi) is 4.75. The summed E-state index contributed by atoms with van der Waals surface area (Å²) in [6.07, 6.45) is 4.83. The van der Waals surface area contributed by atoms with E-state index in [0.717, 1.165) is 36.6 Å². The van der Waals surface area contributed by atoms with E-state index >= 15 is 0 Å². The maximum atomic E-state index is 12.3. The highest BCUT2D eigenvalue weighted by Crippen LogP contribution is 2.39. The van der Waals surface area contributed by atoms with Crippen molar-refractivity contribution in [1.29, 1.82) is 0 Å². The second-order valence-electron chi connectivity index (χ2n) is 4.62. The molecule has 0 fully saturated rings. The summed E-state index contributed by atoms with van der Waals surface area (Å²) >= 11 is 5.21. The van der Waals surface area contributed by atoms with E-state index in [0.29, 0.717) is 0 Å². The normalized spacial score (nSPS) is 17.7. The van der Waals surface area contributed by atoms with E-state index in [1.165, 1.54) is 10.4 Å². The molecule has 1 N–H and O–H groups in total. The van der Waals surface area contributed by atoms with Crippen molar-refractivity contribution in [2.24, 2.45) is 0 Å². The number of thioether (sulfide) groups is 1. The summed E-state index contributed by atoms with van der Waals surface area (Å²) in [5.74, 6) is 1.21. The smallest absolute Gasteiger partial charge is 0.237 e. The van der Waals surface area contributed by atoms with Gasteiger partial charge >= 0.3 is 0 Å². The molecule has 2 aromatic heterocycles. The van der Waals surface area contributed by atoms with Gasteiger partial charge in [-0.25, -0.2) is 4.98 Å². The van der Waals surface area contributed by atoms with E-state index in [1.807, 2.05) is 11.6 Å². The molecule has 0 aliphatic carbocycles. The van der Waals surface area contributed by atoms with Crippen molar-refractivity contribution in [2.45, 2.75) is 24.5 Å². The summed E-state index contributed by atoms with van der Waals surface area (Å²) in [6, 6.07) is 2.10. The molecule has 1 aliphatic rings. The third-order valence-electron chi connectivity index (χ3n) is 3.26. The Morgan fingerprint density at radius 2 is 2.35 bits per heavy atom. The standard InChI is InChI=1S/C14H16N2OS3/c17-14(16-5-1-2-12-15-6-9-19-12)13-10-3-7-18-11(10)4-8-20-13/h3,6-7,9,13H,1-2,4-5,8H2,(H,16,17)/t13-/m1/s1. The minimum Gasteiger partial charge on any atom is -0.355 e. The molecule has 0 radical (unpaired) electrons. The van der Waals surface area contributed by atoms with E-state index in [-0.39, 0.29) is 11.2 Å². The SMILES string of the molecule is O=C(NCCCc1nccs1)[C@@H]1SCCc2sccc21. The number of carbonyl (C=O) groups is 1. The van der Waals surface area contributed by atoms with Gasteiger partial charge in [0.25, 0.3) is 0 Å². The zero-order chi connectivity index (χ0) is 13.8. The van der Waals surface area contributed by atoms with Gasteiger partial charge in [0.1, 0.15) is 5.25 Å². The average molecular weight is 324 g/mol.